The molecule has 1 aromatic carbocycles. The van der Waals surface area contributed by atoms with Crippen molar-refractivity contribution >= 4 is 22.9 Å². The monoisotopic (exact) mass is 311 g/mol. The maximum atomic E-state index is 12.2. The maximum Gasteiger partial charge on any atom is 0.255 e. The first-order valence-corrected chi connectivity index (χ1v) is 7.57. The molecule has 6 heteroatoms. The van der Waals surface area contributed by atoms with E-state index in [4.69, 9.17) is 4.74 Å². The summed E-state index contributed by atoms with van der Waals surface area (Å²) < 4.78 is 5.64. The van der Waals surface area contributed by atoms with Crippen molar-refractivity contribution in [2.45, 2.75) is 6.61 Å². The van der Waals surface area contributed by atoms with E-state index in [0.29, 0.717) is 23.6 Å². The molecule has 3 rings (SSSR count). The van der Waals surface area contributed by atoms with E-state index in [1.807, 2.05) is 11.4 Å². The number of carbonyl (C=O) groups is 1. The van der Waals surface area contributed by atoms with Crippen molar-refractivity contribution in [2.75, 3.05) is 5.32 Å². The van der Waals surface area contributed by atoms with Gasteiger partial charge in [-0.3, -0.25) is 9.78 Å². The molecular weight excluding hydrogens is 298 g/mol. The minimum absolute atomic E-state index is 0.202. The SMILES string of the molecule is O=C(Nc1cccnc1)c1cccc(OCc2cscn2)c1. The molecule has 5 nitrogen and oxygen atoms in total. The summed E-state index contributed by atoms with van der Waals surface area (Å²) in [5.74, 6) is 0.430. The smallest absolute Gasteiger partial charge is 0.255 e. The van der Waals surface area contributed by atoms with E-state index in [0.717, 1.165) is 5.69 Å². The zero-order chi connectivity index (χ0) is 15.2. The van der Waals surface area contributed by atoms with Gasteiger partial charge in [0.05, 0.1) is 23.1 Å². The van der Waals surface area contributed by atoms with Gasteiger partial charge in [0.2, 0.25) is 0 Å². The number of nitrogens with one attached hydrogen (secondary N) is 1. The third-order valence-corrected chi connectivity index (χ3v) is 3.52. The second-order valence-electron chi connectivity index (χ2n) is 4.49. The maximum absolute atomic E-state index is 12.2. The first-order chi connectivity index (χ1) is 10.8. The molecule has 0 fully saturated rings. The van der Waals surface area contributed by atoms with Gasteiger partial charge in [-0.25, -0.2) is 4.98 Å². The highest BCUT2D eigenvalue weighted by Crippen LogP contribution is 2.16. The predicted octanol–water partition coefficient (Wildman–Crippen LogP) is 3.37. The zero-order valence-corrected chi connectivity index (χ0v) is 12.4. The number of nitrogens with zero attached hydrogens (tertiary/aromatic N) is 2. The number of hydrogen-bond donors (Lipinski definition) is 1. The lowest BCUT2D eigenvalue weighted by Crippen LogP contribution is -2.12. The Bertz CT molecular complexity index is 745. The van der Waals surface area contributed by atoms with Crippen LogP contribution >= 0.6 is 11.3 Å². The lowest BCUT2D eigenvalue weighted by Gasteiger charge is -2.08. The van der Waals surface area contributed by atoms with Crippen LogP contribution < -0.4 is 10.1 Å². The minimum atomic E-state index is -0.202. The molecule has 2 aromatic heterocycles. The first kappa shape index (κ1) is 14.2. The molecule has 0 radical (unpaired) electrons. The number of carbonyl (C=O) groups excluding carboxylic acids is 1. The number of thiazole rings is 1. The van der Waals surface area contributed by atoms with E-state index in [1.54, 1.807) is 48.2 Å². The number of hydrogen-bond acceptors (Lipinski definition) is 5. The molecular formula is C16H13N3O2S. The zero-order valence-electron chi connectivity index (χ0n) is 11.6. The Morgan fingerprint density at radius 1 is 1.27 bits per heavy atom. The number of anilines is 1. The third kappa shape index (κ3) is 3.67. The molecule has 0 unspecified atom stereocenters. The summed E-state index contributed by atoms with van der Waals surface area (Å²) in [4.78, 5) is 20.3. The molecule has 110 valence electrons. The Morgan fingerprint density at radius 2 is 2.23 bits per heavy atom. The van der Waals surface area contributed by atoms with E-state index in [2.05, 4.69) is 15.3 Å². The summed E-state index contributed by atoms with van der Waals surface area (Å²) in [6.45, 7) is 0.386. The van der Waals surface area contributed by atoms with Gasteiger partial charge in [-0.15, -0.1) is 11.3 Å². The third-order valence-electron chi connectivity index (χ3n) is 2.89. The number of rotatable bonds is 5. The molecule has 1 amide bonds. The predicted molar refractivity (Wildman–Crippen MR) is 85.1 cm³/mol. The summed E-state index contributed by atoms with van der Waals surface area (Å²) in [5.41, 5.74) is 3.81. The van der Waals surface area contributed by atoms with Crippen LogP contribution in [0, 0.1) is 0 Å². The molecule has 0 bridgehead atoms. The summed E-state index contributed by atoms with van der Waals surface area (Å²) >= 11 is 1.52. The van der Waals surface area contributed by atoms with Gasteiger partial charge in [0.15, 0.2) is 0 Å². The average Bonchev–Trinajstić information content (AvgIpc) is 3.08. The number of benzene rings is 1. The van der Waals surface area contributed by atoms with Crippen LogP contribution in [0.25, 0.3) is 0 Å². The number of aromatic nitrogens is 2. The van der Waals surface area contributed by atoms with Crippen LogP contribution in [0.4, 0.5) is 5.69 Å². The van der Waals surface area contributed by atoms with Gasteiger partial charge in [0.25, 0.3) is 5.91 Å². The van der Waals surface area contributed by atoms with Crippen LogP contribution in [-0.4, -0.2) is 15.9 Å². The molecule has 22 heavy (non-hydrogen) atoms. The molecule has 3 aromatic rings. The summed E-state index contributed by atoms with van der Waals surface area (Å²) in [6, 6.07) is 10.6. The average molecular weight is 311 g/mol. The van der Waals surface area contributed by atoms with Crippen molar-refractivity contribution in [3.8, 4) is 5.75 Å². The van der Waals surface area contributed by atoms with Gasteiger partial charge in [-0.1, -0.05) is 6.07 Å². The van der Waals surface area contributed by atoms with Gasteiger partial charge in [0.1, 0.15) is 12.4 Å². The molecule has 2 heterocycles. The lowest BCUT2D eigenvalue weighted by molar-refractivity contribution is 0.102. The Morgan fingerprint density at radius 3 is 3.00 bits per heavy atom. The molecule has 1 N–H and O–H groups in total. The fourth-order valence-corrected chi connectivity index (χ4v) is 2.38. The topological polar surface area (TPSA) is 64.1 Å². The van der Waals surface area contributed by atoms with Gasteiger partial charge >= 0.3 is 0 Å². The molecule has 0 atom stereocenters. The van der Waals surface area contributed by atoms with Crippen LogP contribution in [0.1, 0.15) is 16.1 Å². The minimum Gasteiger partial charge on any atom is -0.487 e. The second kappa shape index (κ2) is 6.82. The summed E-state index contributed by atoms with van der Waals surface area (Å²) in [7, 11) is 0. The Labute approximate surface area is 131 Å². The van der Waals surface area contributed by atoms with Crippen molar-refractivity contribution in [1.82, 2.24) is 9.97 Å². The van der Waals surface area contributed by atoms with Crippen molar-refractivity contribution in [3.05, 3.63) is 70.9 Å². The molecule has 0 spiro atoms. The number of ether oxygens (including phenoxy) is 1. The Kier molecular flexibility index (Phi) is 4.41. The van der Waals surface area contributed by atoms with Crippen molar-refractivity contribution in [1.29, 1.82) is 0 Å². The van der Waals surface area contributed by atoms with Gasteiger partial charge in [-0.05, 0) is 30.3 Å². The Hall–Kier alpha value is -2.73. The highest BCUT2D eigenvalue weighted by atomic mass is 32.1. The summed E-state index contributed by atoms with van der Waals surface area (Å²) in [5, 5.41) is 4.72. The second-order valence-corrected chi connectivity index (χ2v) is 5.21. The van der Waals surface area contributed by atoms with Crippen molar-refractivity contribution in [3.63, 3.8) is 0 Å². The first-order valence-electron chi connectivity index (χ1n) is 6.62. The fourth-order valence-electron chi connectivity index (χ4n) is 1.83. The van der Waals surface area contributed by atoms with Crippen LogP contribution in [-0.2, 0) is 6.61 Å². The lowest BCUT2D eigenvalue weighted by atomic mass is 10.2. The van der Waals surface area contributed by atoms with E-state index in [-0.39, 0.29) is 5.91 Å². The van der Waals surface area contributed by atoms with Gasteiger partial charge in [-0.2, -0.15) is 0 Å². The fraction of sp³-hybridized carbons (Fsp3) is 0.0625. The van der Waals surface area contributed by atoms with Crippen molar-refractivity contribution < 1.29 is 9.53 Å². The molecule has 0 aliphatic rings. The quantitative estimate of drug-likeness (QED) is 0.784. The standard InChI is InChI=1S/C16H13N3O2S/c20-16(19-13-4-2-6-17-8-13)12-3-1-5-15(7-12)21-9-14-10-22-11-18-14/h1-8,10-11H,9H2,(H,19,20). The van der Waals surface area contributed by atoms with E-state index >= 15 is 0 Å². The van der Waals surface area contributed by atoms with E-state index in [1.165, 1.54) is 11.3 Å². The summed E-state index contributed by atoms with van der Waals surface area (Å²) in [6.07, 6.45) is 3.25. The number of pyridine rings is 1. The highest BCUT2D eigenvalue weighted by Gasteiger charge is 2.07. The molecule has 0 saturated heterocycles. The highest BCUT2D eigenvalue weighted by molar-refractivity contribution is 7.07. The number of amides is 1. The largest absolute Gasteiger partial charge is 0.487 e. The van der Waals surface area contributed by atoms with Crippen molar-refractivity contribution in [2.24, 2.45) is 0 Å². The van der Waals surface area contributed by atoms with Crippen LogP contribution in [0.3, 0.4) is 0 Å². The molecule has 0 aliphatic carbocycles. The van der Waals surface area contributed by atoms with Crippen LogP contribution in [0.5, 0.6) is 5.75 Å². The van der Waals surface area contributed by atoms with E-state index in [9.17, 15) is 4.79 Å². The molecule has 0 saturated carbocycles. The van der Waals surface area contributed by atoms with Crippen LogP contribution in [0.15, 0.2) is 59.7 Å². The van der Waals surface area contributed by atoms with Crippen LogP contribution in [0.2, 0.25) is 0 Å². The Balaban J connectivity index is 1.66. The van der Waals surface area contributed by atoms with Gasteiger partial charge < -0.3 is 10.1 Å². The normalized spacial score (nSPS) is 10.2. The van der Waals surface area contributed by atoms with E-state index < -0.39 is 0 Å². The molecule has 0 aliphatic heterocycles. The van der Waals surface area contributed by atoms with Gasteiger partial charge in [0, 0.05) is 17.1 Å².